The number of aromatic nitrogens is 4. The molecule has 0 aliphatic rings. The van der Waals surface area contributed by atoms with Crippen molar-refractivity contribution in [2.24, 2.45) is 0 Å². The van der Waals surface area contributed by atoms with E-state index in [1.165, 1.54) is 73.6 Å². The van der Waals surface area contributed by atoms with Gasteiger partial charge in [0.15, 0.2) is 0 Å². The van der Waals surface area contributed by atoms with Gasteiger partial charge in [-0.05, 0) is 83.2 Å². The van der Waals surface area contributed by atoms with Gasteiger partial charge in [0.05, 0.1) is 33.3 Å². The van der Waals surface area contributed by atoms with Gasteiger partial charge in [-0.2, -0.15) is 0 Å². The Hall–Kier alpha value is -6.60. The van der Waals surface area contributed by atoms with Gasteiger partial charge >= 0.3 is 0 Å². The zero-order valence-electron chi connectivity index (χ0n) is 28.6. The average Bonchev–Trinajstić information content (AvgIpc) is 3.99. The molecule has 8 aromatic carbocycles. The maximum absolute atomic E-state index is 5.46. The first-order valence-electron chi connectivity index (χ1n) is 18.2. The molecule has 0 saturated heterocycles. The van der Waals surface area contributed by atoms with Crippen molar-refractivity contribution in [2.75, 3.05) is 0 Å². The number of benzene rings is 8. The Kier molecular flexibility index (Phi) is 5.63. The first-order valence-corrected chi connectivity index (χ1v) is 19.8. The molecule has 6 heteroatoms. The van der Waals surface area contributed by atoms with Crippen LogP contribution in [0.4, 0.5) is 0 Å². The molecule has 0 N–H and O–H groups in total. The van der Waals surface area contributed by atoms with E-state index in [4.69, 9.17) is 9.97 Å². The molecule has 13 rings (SSSR count). The van der Waals surface area contributed by atoms with Gasteiger partial charge in [0.2, 0.25) is 5.95 Å². The lowest BCUT2D eigenvalue weighted by atomic mass is 10.0. The van der Waals surface area contributed by atoms with Crippen LogP contribution in [-0.2, 0) is 0 Å². The number of thiophene rings is 2. The topological polar surface area (TPSA) is 35.6 Å². The van der Waals surface area contributed by atoms with Crippen LogP contribution in [0.15, 0.2) is 158 Å². The zero-order chi connectivity index (χ0) is 35.1. The predicted octanol–water partition coefficient (Wildman–Crippen LogP) is 13.6. The molecule has 5 heterocycles. The van der Waals surface area contributed by atoms with Gasteiger partial charge in [-0.3, -0.25) is 4.57 Å². The van der Waals surface area contributed by atoms with Crippen molar-refractivity contribution >= 4 is 107 Å². The van der Waals surface area contributed by atoms with E-state index in [0.29, 0.717) is 5.95 Å². The van der Waals surface area contributed by atoms with Gasteiger partial charge < -0.3 is 4.57 Å². The lowest BCUT2D eigenvalue weighted by Gasteiger charge is -2.14. The summed E-state index contributed by atoms with van der Waals surface area (Å²) < 4.78 is 9.94. The number of hydrogen-bond donors (Lipinski definition) is 0. The number of fused-ring (bicyclic) bond motifs is 3. The lowest BCUT2D eigenvalue weighted by Crippen LogP contribution is -2.04. The molecule has 0 saturated carbocycles. The van der Waals surface area contributed by atoms with E-state index in [-0.39, 0.29) is 0 Å². The highest BCUT2D eigenvalue weighted by Gasteiger charge is 2.25. The highest BCUT2D eigenvalue weighted by atomic mass is 32.1. The second kappa shape index (κ2) is 10.5. The molecule has 4 nitrogen and oxygen atoms in total. The largest absolute Gasteiger partial charge is 0.309 e. The van der Waals surface area contributed by atoms with E-state index >= 15 is 0 Å². The standard InChI is InChI=1S/C48H26N4S2/c1-3-12-28(13-4-1)46-33-22-21-27-11-7-8-16-32(27)47(33)50-48(49-46)52-35-18-10-20-39-43(35)45-37(52)24-30(26-41(45)54-39)29-23-36-44-40(25-29)53-38-19-9-17-34(42(38)44)51(36)31-14-5-2-6-15-31/h1-26H. The Balaban J connectivity index is 1.13. The zero-order valence-corrected chi connectivity index (χ0v) is 30.2. The highest BCUT2D eigenvalue weighted by Crippen LogP contribution is 2.49. The van der Waals surface area contributed by atoms with Crippen molar-refractivity contribution in [2.45, 2.75) is 0 Å². The van der Waals surface area contributed by atoms with E-state index in [0.717, 1.165) is 38.6 Å². The maximum atomic E-state index is 5.46. The second-order valence-corrected chi connectivity index (χ2v) is 16.3. The quantitative estimate of drug-likeness (QED) is 0.170. The van der Waals surface area contributed by atoms with Crippen LogP contribution >= 0.6 is 22.7 Å². The molecule has 5 aromatic heterocycles. The second-order valence-electron chi connectivity index (χ2n) is 14.2. The van der Waals surface area contributed by atoms with E-state index in [9.17, 15) is 0 Å². The van der Waals surface area contributed by atoms with Crippen LogP contribution in [0, 0.1) is 0 Å². The average molecular weight is 723 g/mol. The molecule has 0 amide bonds. The van der Waals surface area contributed by atoms with Crippen LogP contribution in [-0.4, -0.2) is 19.1 Å². The number of hydrogen-bond acceptors (Lipinski definition) is 4. The minimum atomic E-state index is 0.686. The first kappa shape index (κ1) is 28.9. The summed E-state index contributed by atoms with van der Waals surface area (Å²) in [4.78, 5) is 10.9. The third-order valence-corrected chi connectivity index (χ3v) is 13.5. The molecule has 0 fully saturated rings. The first-order chi connectivity index (χ1) is 26.8. The summed E-state index contributed by atoms with van der Waals surface area (Å²) in [6.45, 7) is 0. The normalized spacial score (nSPS) is 12.4. The highest BCUT2D eigenvalue weighted by molar-refractivity contribution is 7.26. The Morgan fingerprint density at radius 3 is 1.69 bits per heavy atom. The minimum absolute atomic E-state index is 0.686. The molecule has 0 atom stereocenters. The number of nitrogens with zero attached hydrogens (tertiary/aromatic N) is 4. The molecular weight excluding hydrogens is 697 g/mol. The van der Waals surface area contributed by atoms with Crippen LogP contribution < -0.4 is 0 Å². The molecule has 250 valence electrons. The van der Waals surface area contributed by atoms with Crippen molar-refractivity contribution in [1.29, 1.82) is 0 Å². The van der Waals surface area contributed by atoms with Gasteiger partial charge in [0.1, 0.15) is 0 Å². The van der Waals surface area contributed by atoms with Crippen LogP contribution in [0.2, 0.25) is 0 Å². The Morgan fingerprint density at radius 1 is 0.389 bits per heavy atom. The molecule has 0 radical (unpaired) electrons. The number of rotatable bonds is 4. The smallest absolute Gasteiger partial charge is 0.235 e. The summed E-state index contributed by atoms with van der Waals surface area (Å²) in [6, 6.07) is 57.1. The van der Waals surface area contributed by atoms with Crippen LogP contribution in [0.3, 0.4) is 0 Å². The fraction of sp³-hybridized carbons (Fsp3) is 0. The third-order valence-electron chi connectivity index (χ3n) is 11.2. The van der Waals surface area contributed by atoms with Gasteiger partial charge in [0.25, 0.3) is 0 Å². The van der Waals surface area contributed by atoms with Gasteiger partial charge in [0, 0.05) is 62.4 Å². The minimum Gasteiger partial charge on any atom is -0.309 e. The predicted molar refractivity (Wildman–Crippen MR) is 230 cm³/mol. The van der Waals surface area contributed by atoms with Crippen molar-refractivity contribution < 1.29 is 0 Å². The van der Waals surface area contributed by atoms with Crippen molar-refractivity contribution in [1.82, 2.24) is 19.1 Å². The molecule has 54 heavy (non-hydrogen) atoms. The van der Waals surface area contributed by atoms with Gasteiger partial charge in [-0.1, -0.05) is 91.0 Å². The van der Waals surface area contributed by atoms with Crippen molar-refractivity contribution in [3.8, 4) is 34.0 Å². The molecule has 0 aliphatic carbocycles. The van der Waals surface area contributed by atoms with Crippen LogP contribution in [0.5, 0.6) is 0 Å². The van der Waals surface area contributed by atoms with E-state index in [1.807, 2.05) is 22.7 Å². The molecule has 0 bridgehead atoms. The summed E-state index contributed by atoms with van der Waals surface area (Å²) in [5.41, 5.74) is 11.3. The SMILES string of the molecule is c1ccc(-c2nc(-n3c4cccc5sc6cc(-c7cc8sc9cccc%10c9c8c(c7)n%10-c7ccccc7)cc3c6c54)nc3c2ccc2ccccc23)cc1. The number of para-hydroxylation sites is 1. The summed E-state index contributed by atoms with van der Waals surface area (Å²) in [6.07, 6.45) is 0. The van der Waals surface area contributed by atoms with Crippen molar-refractivity contribution in [3.05, 3.63) is 158 Å². The summed E-state index contributed by atoms with van der Waals surface area (Å²) in [7, 11) is 0. The lowest BCUT2D eigenvalue weighted by molar-refractivity contribution is 1.02. The fourth-order valence-electron chi connectivity index (χ4n) is 8.97. The van der Waals surface area contributed by atoms with E-state index in [2.05, 4.69) is 167 Å². The summed E-state index contributed by atoms with van der Waals surface area (Å²) in [5.74, 6) is 0.686. The monoisotopic (exact) mass is 722 g/mol. The van der Waals surface area contributed by atoms with Gasteiger partial charge in [-0.15, -0.1) is 22.7 Å². The fourth-order valence-corrected chi connectivity index (χ4v) is 11.3. The van der Waals surface area contributed by atoms with E-state index < -0.39 is 0 Å². The molecule has 0 unspecified atom stereocenters. The van der Waals surface area contributed by atoms with Crippen LogP contribution in [0.25, 0.3) is 118 Å². The Labute approximate surface area is 316 Å². The Morgan fingerprint density at radius 2 is 0.981 bits per heavy atom. The molecular formula is C48H26N4S2. The Bertz CT molecular complexity index is 3610. The molecule has 0 aliphatic heterocycles. The maximum Gasteiger partial charge on any atom is 0.235 e. The molecule has 0 spiro atoms. The van der Waals surface area contributed by atoms with Gasteiger partial charge in [-0.25, -0.2) is 9.97 Å². The van der Waals surface area contributed by atoms with E-state index in [1.54, 1.807) is 0 Å². The summed E-state index contributed by atoms with van der Waals surface area (Å²) >= 11 is 3.76. The van der Waals surface area contributed by atoms with Crippen molar-refractivity contribution in [3.63, 3.8) is 0 Å². The van der Waals surface area contributed by atoms with Crippen LogP contribution in [0.1, 0.15) is 0 Å². The third kappa shape index (κ3) is 3.80. The molecule has 13 aromatic rings. The summed E-state index contributed by atoms with van der Waals surface area (Å²) in [5, 5.41) is 8.61.